The number of nitrogens with two attached hydrogens (primary N) is 1. The van der Waals surface area contributed by atoms with Crippen LogP contribution >= 0.6 is 0 Å². The molecule has 0 saturated heterocycles. The highest BCUT2D eigenvalue weighted by Gasteiger charge is 2.16. The van der Waals surface area contributed by atoms with Crippen molar-refractivity contribution in [1.29, 1.82) is 5.26 Å². The highest BCUT2D eigenvalue weighted by molar-refractivity contribution is 5.81. The molecule has 6 heteroatoms. The Balaban J connectivity index is 2.07. The third kappa shape index (κ3) is 3.06. The van der Waals surface area contributed by atoms with E-state index in [1.54, 1.807) is 36.7 Å². The first kappa shape index (κ1) is 15.6. The molecule has 0 aliphatic rings. The minimum Gasteiger partial charge on any atom is -0.478 e. The summed E-state index contributed by atoms with van der Waals surface area (Å²) in [4.78, 5) is 8.64. The maximum atomic E-state index is 9.22. The number of hydrogen-bond donors (Lipinski definition) is 1. The van der Waals surface area contributed by atoms with Crippen molar-refractivity contribution >= 4 is 5.82 Å². The molecule has 3 aromatic rings. The lowest BCUT2D eigenvalue weighted by molar-refractivity contribution is 0.305. The number of nitrogen functional groups attached to an aromatic ring is 1. The van der Waals surface area contributed by atoms with Gasteiger partial charge in [0.2, 0.25) is 5.88 Å². The topological polar surface area (TPSA) is 98.0 Å². The summed E-state index contributed by atoms with van der Waals surface area (Å²) in [5.41, 5.74) is 8.26. The molecule has 3 aromatic heterocycles. The Morgan fingerprint density at radius 1 is 1.33 bits per heavy atom. The Labute approximate surface area is 139 Å². The molecule has 0 saturated carbocycles. The third-order valence-corrected chi connectivity index (χ3v) is 3.43. The van der Waals surface area contributed by atoms with E-state index in [9.17, 15) is 5.26 Å². The molecule has 24 heavy (non-hydrogen) atoms. The molecule has 0 aliphatic carbocycles. The first-order chi connectivity index (χ1) is 11.7. The lowest BCUT2D eigenvalue weighted by atomic mass is 10.0. The van der Waals surface area contributed by atoms with Gasteiger partial charge in [0, 0.05) is 23.4 Å². The molecule has 0 radical (unpaired) electrons. The van der Waals surface area contributed by atoms with E-state index in [-0.39, 0.29) is 5.82 Å². The van der Waals surface area contributed by atoms with Gasteiger partial charge in [-0.05, 0) is 30.7 Å². The van der Waals surface area contributed by atoms with Crippen molar-refractivity contribution in [2.24, 2.45) is 0 Å². The first-order valence-corrected chi connectivity index (χ1v) is 7.56. The van der Waals surface area contributed by atoms with Crippen molar-refractivity contribution in [2.75, 3.05) is 12.3 Å². The van der Waals surface area contributed by atoms with Gasteiger partial charge in [-0.15, -0.1) is 0 Å². The van der Waals surface area contributed by atoms with Crippen LogP contribution in [0.4, 0.5) is 5.82 Å². The average molecular weight is 320 g/mol. The van der Waals surface area contributed by atoms with Crippen LogP contribution in [-0.4, -0.2) is 16.6 Å². The van der Waals surface area contributed by atoms with Crippen LogP contribution in [0.15, 0.2) is 47.2 Å². The van der Waals surface area contributed by atoms with E-state index in [1.807, 2.05) is 13.0 Å². The predicted octanol–water partition coefficient (Wildman–Crippen LogP) is 3.65. The number of nitrogens with zero attached hydrogens (tertiary/aromatic N) is 3. The minimum absolute atomic E-state index is 0.170. The number of pyridine rings is 2. The number of ether oxygens (including phenoxy) is 1. The molecule has 2 N–H and O–H groups in total. The van der Waals surface area contributed by atoms with Crippen LogP contribution in [0.2, 0.25) is 0 Å². The quantitative estimate of drug-likeness (QED) is 0.770. The van der Waals surface area contributed by atoms with Gasteiger partial charge >= 0.3 is 0 Å². The second-order valence-corrected chi connectivity index (χ2v) is 5.14. The van der Waals surface area contributed by atoms with Crippen LogP contribution in [0.3, 0.4) is 0 Å². The summed E-state index contributed by atoms with van der Waals surface area (Å²) >= 11 is 0. The van der Waals surface area contributed by atoms with Gasteiger partial charge in [-0.1, -0.05) is 6.92 Å². The third-order valence-electron chi connectivity index (χ3n) is 3.43. The molecule has 120 valence electrons. The molecule has 6 nitrogen and oxygen atoms in total. The van der Waals surface area contributed by atoms with Crippen molar-refractivity contribution in [3.05, 3.63) is 48.4 Å². The SMILES string of the molecule is CCCOc1ccc(-c2cc(C#N)c(N)nc2-c2ccco2)cn1. The summed E-state index contributed by atoms with van der Waals surface area (Å²) in [6.45, 7) is 2.65. The fourth-order valence-electron chi connectivity index (χ4n) is 2.27. The molecule has 3 heterocycles. The highest BCUT2D eigenvalue weighted by Crippen LogP contribution is 2.33. The molecule has 0 atom stereocenters. The molecule has 3 rings (SSSR count). The van der Waals surface area contributed by atoms with Crippen molar-refractivity contribution < 1.29 is 9.15 Å². The molecule has 0 amide bonds. The van der Waals surface area contributed by atoms with Gasteiger partial charge in [-0.25, -0.2) is 9.97 Å². The van der Waals surface area contributed by atoms with Gasteiger partial charge in [0.25, 0.3) is 0 Å². The summed E-state index contributed by atoms with van der Waals surface area (Å²) in [6, 6.07) is 11.0. The fourth-order valence-corrected chi connectivity index (χ4v) is 2.27. The van der Waals surface area contributed by atoms with E-state index < -0.39 is 0 Å². The summed E-state index contributed by atoms with van der Waals surface area (Å²) in [6.07, 6.45) is 4.17. The maximum Gasteiger partial charge on any atom is 0.213 e. The minimum atomic E-state index is 0.170. The van der Waals surface area contributed by atoms with Gasteiger partial charge in [-0.2, -0.15) is 5.26 Å². The number of furan rings is 1. The van der Waals surface area contributed by atoms with Crippen LogP contribution < -0.4 is 10.5 Å². The van der Waals surface area contributed by atoms with Crippen molar-refractivity contribution in [1.82, 2.24) is 9.97 Å². The van der Waals surface area contributed by atoms with E-state index >= 15 is 0 Å². The van der Waals surface area contributed by atoms with Crippen molar-refractivity contribution in [2.45, 2.75) is 13.3 Å². The van der Waals surface area contributed by atoms with Gasteiger partial charge in [0.05, 0.1) is 18.4 Å². The molecule has 0 fully saturated rings. The van der Waals surface area contributed by atoms with E-state index in [1.165, 1.54) is 0 Å². The summed E-state index contributed by atoms with van der Waals surface area (Å²) in [5.74, 6) is 1.31. The molecule has 0 unspecified atom stereocenters. The van der Waals surface area contributed by atoms with Crippen LogP contribution in [0.1, 0.15) is 18.9 Å². The Bertz CT molecular complexity index is 865. The van der Waals surface area contributed by atoms with E-state index in [2.05, 4.69) is 16.0 Å². The number of anilines is 1. The maximum absolute atomic E-state index is 9.22. The molecule has 0 aromatic carbocycles. The summed E-state index contributed by atoms with van der Waals surface area (Å²) < 4.78 is 10.9. The first-order valence-electron chi connectivity index (χ1n) is 7.56. The monoisotopic (exact) mass is 320 g/mol. The van der Waals surface area contributed by atoms with Crippen molar-refractivity contribution in [3.63, 3.8) is 0 Å². The standard InChI is InChI=1S/C18H16N4O2/c1-2-7-24-16-6-5-12(11-21-16)14-9-13(10-19)18(20)22-17(14)15-4-3-8-23-15/h3-6,8-9,11H,2,7H2,1H3,(H2,20,22). The lowest BCUT2D eigenvalue weighted by Gasteiger charge is -2.10. The normalized spacial score (nSPS) is 10.3. The average Bonchev–Trinajstić information content (AvgIpc) is 3.15. The molecular weight excluding hydrogens is 304 g/mol. The number of hydrogen-bond acceptors (Lipinski definition) is 6. The zero-order valence-electron chi connectivity index (χ0n) is 13.2. The largest absolute Gasteiger partial charge is 0.478 e. The molecule has 0 aliphatic heterocycles. The Hall–Kier alpha value is -3.33. The lowest BCUT2D eigenvalue weighted by Crippen LogP contribution is -2.00. The second kappa shape index (κ2) is 6.84. The van der Waals surface area contributed by atoms with Gasteiger partial charge in [-0.3, -0.25) is 0 Å². The number of nitriles is 1. The number of rotatable bonds is 5. The van der Waals surface area contributed by atoms with Crippen LogP contribution in [-0.2, 0) is 0 Å². The Morgan fingerprint density at radius 3 is 2.83 bits per heavy atom. The molecular formula is C18H16N4O2. The number of aromatic nitrogens is 2. The van der Waals surface area contributed by atoms with Gasteiger partial charge in [0.15, 0.2) is 5.76 Å². The van der Waals surface area contributed by atoms with Crippen LogP contribution in [0, 0.1) is 11.3 Å². The highest BCUT2D eigenvalue weighted by atomic mass is 16.5. The molecule has 0 bridgehead atoms. The van der Waals surface area contributed by atoms with E-state index in [0.29, 0.717) is 29.5 Å². The van der Waals surface area contributed by atoms with Gasteiger partial charge in [0.1, 0.15) is 17.6 Å². The van der Waals surface area contributed by atoms with Crippen LogP contribution in [0.5, 0.6) is 5.88 Å². The van der Waals surface area contributed by atoms with Gasteiger partial charge < -0.3 is 14.9 Å². The summed E-state index contributed by atoms with van der Waals surface area (Å²) in [7, 11) is 0. The van der Waals surface area contributed by atoms with Crippen molar-refractivity contribution in [3.8, 4) is 34.5 Å². The second-order valence-electron chi connectivity index (χ2n) is 5.14. The predicted molar refractivity (Wildman–Crippen MR) is 90.1 cm³/mol. The molecule has 0 spiro atoms. The Kier molecular flexibility index (Phi) is 4.43. The zero-order chi connectivity index (χ0) is 16.9. The smallest absolute Gasteiger partial charge is 0.213 e. The van der Waals surface area contributed by atoms with Crippen LogP contribution in [0.25, 0.3) is 22.6 Å². The van der Waals surface area contributed by atoms with E-state index in [0.717, 1.165) is 17.5 Å². The Morgan fingerprint density at radius 2 is 2.21 bits per heavy atom. The fraction of sp³-hybridized carbons (Fsp3) is 0.167. The summed E-state index contributed by atoms with van der Waals surface area (Å²) in [5, 5.41) is 9.22. The zero-order valence-corrected chi connectivity index (χ0v) is 13.2. The van der Waals surface area contributed by atoms with E-state index in [4.69, 9.17) is 14.9 Å².